The molecule has 0 aromatic rings. The second-order valence-electron chi connectivity index (χ2n) is 3.84. The molecular weight excluding hydrogens is 293 g/mol. The van der Waals surface area contributed by atoms with E-state index in [1.165, 1.54) is 0 Å². The first kappa shape index (κ1) is 17.2. The zero-order chi connectivity index (χ0) is 12.4. The molecule has 0 spiro atoms. The van der Waals surface area contributed by atoms with Gasteiger partial charge in [0.05, 0.1) is 19.8 Å². The van der Waals surface area contributed by atoms with E-state index >= 15 is 0 Å². The highest BCUT2D eigenvalue weighted by atomic mass is 35.5. The zero-order valence-corrected chi connectivity index (χ0v) is 12.7. The van der Waals surface area contributed by atoms with E-state index in [0.717, 1.165) is 0 Å². The summed E-state index contributed by atoms with van der Waals surface area (Å²) in [7, 11) is -1.37. The highest BCUT2D eigenvalue weighted by molar-refractivity contribution is 7.41. The normalized spacial score (nSPS) is 12.4. The third kappa shape index (κ3) is 9.23. The van der Waals surface area contributed by atoms with Crippen molar-refractivity contribution in [2.45, 2.75) is 13.8 Å². The molecule has 98 valence electrons. The fourth-order valence-corrected chi connectivity index (χ4v) is 2.20. The van der Waals surface area contributed by atoms with Crippen molar-refractivity contribution < 1.29 is 13.6 Å². The molecule has 16 heavy (non-hydrogen) atoms. The van der Waals surface area contributed by atoms with E-state index in [9.17, 15) is 0 Å². The highest BCUT2D eigenvalue weighted by Crippen LogP contribution is 2.41. The molecule has 0 rings (SSSR count). The Morgan fingerprint density at radius 1 is 0.938 bits per heavy atom. The van der Waals surface area contributed by atoms with Gasteiger partial charge >= 0.3 is 8.60 Å². The van der Waals surface area contributed by atoms with Crippen LogP contribution in [0.2, 0.25) is 0 Å². The molecule has 0 radical (unpaired) electrons. The summed E-state index contributed by atoms with van der Waals surface area (Å²) in [6.07, 6.45) is 0. The second-order valence-corrected chi connectivity index (χ2v) is 6.08. The van der Waals surface area contributed by atoms with Crippen molar-refractivity contribution in [1.29, 1.82) is 0 Å². The molecule has 0 atom stereocenters. The Hall–Kier alpha value is 1.18. The Morgan fingerprint density at radius 3 is 1.81 bits per heavy atom. The van der Waals surface area contributed by atoms with E-state index in [-0.39, 0.29) is 5.41 Å². The van der Waals surface area contributed by atoms with Crippen molar-refractivity contribution in [2.24, 2.45) is 5.41 Å². The highest BCUT2D eigenvalue weighted by Gasteiger charge is 2.21. The lowest BCUT2D eigenvalue weighted by Crippen LogP contribution is -2.20. The molecule has 0 bridgehead atoms. The van der Waals surface area contributed by atoms with Crippen molar-refractivity contribution in [3.8, 4) is 0 Å². The molecule has 0 aromatic heterocycles. The number of hydrogen-bond acceptors (Lipinski definition) is 3. The van der Waals surface area contributed by atoms with Crippen LogP contribution in [0.25, 0.3) is 0 Å². The summed E-state index contributed by atoms with van der Waals surface area (Å²) in [6.45, 7) is 5.30. The maximum atomic E-state index is 5.79. The van der Waals surface area contributed by atoms with Crippen molar-refractivity contribution >= 4 is 43.4 Å². The molecular formula is C9H18Cl3O3P. The average Bonchev–Trinajstić information content (AvgIpc) is 2.28. The first-order chi connectivity index (χ1) is 7.55. The third-order valence-electron chi connectivity index (χ3n) is 1.47. The predicted molar refractivity (Wildman–Crippen MR) is 70.7 cm³/mol. The fraction of sp³-hybridized carbons (Fsp3) is 1.00. The lowest BCUT2D eigenvalue weighted by atomic mass is 9.99. The van der Waals surface area contributed by atoms with Gasteiger partial charge in [-0.15, -0.1) is 34.8 Å². The van der Waals surface area contributed by atoms with Crippen molar-refractivity contribution in [3.05, 3.63) is 0 Å². The van der Waals surface area contributed by atoms with Crippen molar-refractivity contribution in [2.75, 3.05) is 37.5 Å². The van der Waals surface area contributed by atoms with Gasteiger partial charge in [0.2, 0.25) is 0 Å². The quantitative estimate of drug-likeness (QED) is 0.451. The molecule has 0 fully saturated rings. The van der Waals surface area contributed by atoms with Gasteiger partial charge in [0.15, 0.2) is 0 Å². The average molecular weight is 312 g/mol. The Kier molecular flexibility index (Phi) is 10.9. The summed E-state index contributed by atoms with van der Waals surface area (Å²) in [4.78, 5) is 0. The van der Waals surface area contributed by atoms with E-state index in [0.29, 0.717) is 37.5 Å². The largest absolute Gasteiger partial charge is 0.332 e. The fourth-order valence-electron chi connectivity index (χ4n) is 0.596. The first-order valence-corrected chi connectivity index (χ1v) is 7.62. The number of rotatable bonds is 10. The lowest BCUT2D eigenvalue weighted by molar-refractivity contribution is 0.132. The molecule has 3 nitrogen and oxygen atoms in total. The molecule has 0 aliphatic heterocycles. The van der Waals surface area contributed by atoms with Crippen molar-refractivity contribution in [3.63, 3.8) is 0 Å². The van der Waals surface area contributed by atoms with E-state index < -0.39 is 8.60 Å². The van der Waals surface area contributed by atoms with Gasteiger partial charge in [-0.2, -0.15) is 0 Å². The Labute approximate surface area is 114 Å². The number of halogens is 3. The Bertz CT molecular complexity index is 164. The summed E-state index contributed by atoms with van der Waals surface area (Å²) in [5, 5.41) is 0. The van der Waals surface area contributed by atoms with Crippen molar-refractivity contribution in [1.82, 2.24) is 0 Å². The van der Waals surface area contributed by atoms with E-state index in [1.54, 1.807) is 0 Å². The Morgan fingerprint density at radius 2 is 1.44 bits per heavy atom. The standard InChI is InChI=1S/C9H18Cl3O3P/c1-9(2,7-12)8-15-16(13-5-3-10)14-6-4-11/h3-8H2,1-2H3. The van der Waals surface area contributed by atoms with Gasteiger partial charge in [-0.3, -0.25) is 0 Å². The third-order valence-corrected chi connectivity index (χ3v) is 3.63. The molecule has 0 N–H and O–H groups in total. The van der Waals surface area contributed by atoms with Gasteiger partial charge in [0.1, 0.15) is 0 Å². The van der Waals surface area contributed by atoms with Gasteiger partial charge < -0.3 is 13.6 Å². The van der Waals surface area contributed by atoms with Gasteiger partial charge in [0, 0.05) is 23.1 Å². The monoisotopic (exact) mass is 310 g/mol. The van der Waals surface area contributed by atoms with Crippen LogP contribution >= 0.6 is 43.4 Å². The van der Waals surface area contributed by atoms with Crippen LogP contribution in [-0.4, -0.2) is 37.5 Å². The molecule has 0 aromatic carbocycles. The Balaban J connectivity index is 3.89. The van der Waals surface area contributed by atoms with Gasteiger partial charge in [0.25, 0.3) is 0 Å². The molecule has 0 heterocycles. The minimum absolute atomic E-state index is 0.100. The maximum Gasteiger partial charge on any atom is 0.332 e. The van der Waals surface area contributed by atoms with E-state index in [1.807, 2.05) is 13.8 Å². The lowest BCUT2D eigenvalue weighted by Gasteiger charge is -2.24. The summed E-state index contributed by atoms with van der Waals surface area (Å²) >= 11 is 16.8. The van der Waals surface area contributed by atoms with Crippen LogP contribution in [0.15, 0.2) is 0 Å². The summed E-state index contributed by atoms with van der Waals surface area (Å²) in [5.74, 6) is 1.33. The van der Waals surface area contributed by atoms with Crippen LogP contribution in [0.4, 0.5) is 0 Å². The van der Waals surface area contributed by atoms with Crippen LogP contribution in [0, 0.1) is 5.41 Å². The topological polar surface area (TPSA) is 27.7 Å². The summed E-state index contributed by atoms with van der Waals surface area (Å²) in [5.41, 5.74) is -0.100. The molecule has 0 aliphatic carbocycles. The van der Waals surface area contributed by atoms with Crippen LogP contribution in [0.3, 0.4) is 0 Å². The van der Waals surface area contributed by atoms with Gasteiger partial charge in [-0.25, -0.2) is 0 Å². The molecule has 0 aliphatic rings. The van der Waals surface area contributed by atoms with Crippen LogP contribution < -0.4 is 0 Å². The maximum absolute atomic E-state index is 5.79. The van der Waals surface area contributed by atoms with Crippen LogP contribution in [-0.2, 0) is 13.6 Å². The van der Waals surface area contributed by atoms with Gasteiger partial charge in [-0.05, 0) is 0 Å². The number of alkyl halides is 3. The van der Waals surface area contributed by atoms with E-state index in [4.69, 9.17) is 48.4 Å². The molecule has 0 saturated heterocycles. The van der Waals surface area contributed by atoms with Gasteiger partial charge in [-0.1, -0.05) is 13.8 Å². The van der Waals surface area contributed by atoms with E-state index in [2.05, 4.69) is 0 Å². The predicted octanol–water partition coefficient (Wildman–Crippen LogP) is 4.01. The smallest absolute Gasteiger partial charge is 0.312 e. The van der Waals surface area contributed by atoms with Crippen LogP contribution in [0.1, 0.15) is 13.8 Å². The minimum Gasteiger partial charge on any atom is -0.312 e. The number of hydrogen-bond donors (Lipinski definition) is 0. The molecule has 0 saturated carbocycles. The summed E-state index contributed by atoms with van der Waals surface area (Å²) < 4.78 is 16.2. The molecule has 7 heteroatoms. The van der Waals surface area contributed by atoms with Crippen LogP contribution in [0.5, 0.6) is 0 Å². The zero-order valence-electron chi connectivity index (χ0n) is 9.55. The second kappa shape index (κ2) is 10.1. The first-order valence-electron chi connectivity index (χ1n) is 4.92. The molecule has 0 amide bonds. The SMILES string of the molecule is CC(C)(CCl)COP(OCCCl)OCCCl. The minimum atomic E-state index is -1.37. The summed E-state index contributed by atoms with van der Waals surface area (Å²) in [6, 6.07) is 0. The molecule has 0 unspecified atom stereocenters.